The van der Waals surface area contributed by atoms with Gasteiger partial charge in [0.2, 0.25) is 0 Å². The Balaban J connectivity index is 2.40. The maximum Gasteiger partial charge on any atom is 0.336 e. The van der Waals surface area contributed by atoms with Gasteiger partial charge in [0, 0.05) is 14.6 Å². The number of sulfonamides is 1. The van der Waals surface area contributed by atoms with Crippen molar-refractivity contribution in [1.29, 1.82) is 0 Å². The molecule has 2 N–H and O–H groups in total. The first kappa shape index (κ1) is 17.0. The van der Waals surface area contributed by atoms with E-state index in [0.717, 1.165) is 16.1 Å². The number of halogens is 2. The van der Waals surface area contributed by atoms with Crippen LogP contribution < -0.4 is 4.72 Å². The van der Waals surface area contributed by atoms with Crippen LogP contribution in [-0.2, 0) is 10.0 Å². The molecule has 0 aliphatic heterocycles. The highest BCUT2D eigenvalue weighted by Gasteiger charge is 2.18. The van der Waals surface area contributed by atoms with Crippen molar-refractivity contribution in [3.05, 3.63) is 56.5 Å². The SMILES string of the molecule is Cc1cc(NS(=O)(=O)c2ccc(Br)c(C(=O)O)c2)ccc1Br. The zero-order valence-electron chi connectivity index (χ0n) is 11.3. The fourth-order valence-electron chi connectivity index (χ4n) is 1.76. The predicted molar refractivity (Wildman–Crippen MR) is 90.8 cm³/mol. The minimum Gasteiger partial charge on any atom is -0.478 e. The summed E-state index contributed by atoms with van der Waals surface area (Å²) < 4.78 is 28.3. The molecule has 0 fully saturated rings. The van der Waals surface area contributed by atoms with Crippen LogP contribution in [0.5, 0.6) is 0 Å². The van der Waals surface area contributed by atoms with Crippen LogP contribution in [0.3, 0.4) is 0 Å². The molecule has 0 aliphatic carbocycles. The van der Waals surface area contributed by atoms with E-state index in [9.17, 15) is 13.2 Å². The average Bonchev–Trinajstić information content (AvgIpc) is 2.42. The first-order valence-corrected chi connectivity index (χ1v) is 9.09. The summed E-state index contributed by atoms with van der Waals surface area (Å²) in [5, 5.41) is 9.06. The molecule has 0 aliphatic rings. The smallest absolute Gasteiger partial charge is 0.336 e. The first-order chi connectivity index (χ1) is 10.2. The number of benzene rings is 2. The molecule has 0 saturated carbocycles. The monoisotopic (exact) mass is 447 g/mol. The van der Waals surface area contributed by atoms with Gasteiger partial charge in [-0.05, 0) is 64.8 Å². The lowest BCUT2D eigenvalue weighted by molar-refractivity contribution is 0.0695. The molecule has 116 valence electrons. The minimum absolute atomic E-state index is 0.116. The molecule has 0 atom stereocenters. The number of anilines is 1. The molecule has 22 heavy (non-hydrogen) atoms. The van der Waals surface area contributed by atoms with Crippen LogP contribution in [0.25, 0.3) is 0 Å². The van der Waals surface area contributed by atoms with Gasteiger partial charge in [-0.25, -0.2) is 13.2 Å². The summed E-state index contributed by atoms with van der Waals surface area (Å²) in [5.41, 5.74) is 1.16. The summed E-state index contributed by atoms with van der Waals surface area (Å²) in [6, 6.07) is 8.87. The van der Waals surface area contributed by atoms with Crippen LogP contribution in [0.2, 0.25) is 0 Å². The van der Waals surface area contributed by atoms with Gasteiger partial charge < -0.3 is 5.11 Å². The van der Waals surface area contributed by atoms with Crippen molar-refractivity contribution in [3.63, 3.8) is 0 Å². The van der Waals surface area contributed by atoms with E-state index in [0.29, 0.717) is 10.2 Å². The van der Waals surface area contributed by atoms with E-state index in [1.165, 1.54) is 12.1 Å². The van der Waals surface area contributed by atoms with Gasteiger partial charge in [0.1, 0.15) is 0 Å². The highest BCUT2D eigenvalue weighted by molar-refractivity contribution is 9.10. The van der Waals surface area contributed by atoms with Crippen LogP contribution in [-0.4, -0.2) is 19.5 Å². The van der Waals surface area contributed by atoms with Crippen molar-refractivity contribution in [1.82, 2.24) is 0 Å². The normalized spacial score (nSPS) is 11.2. The van der Waals surface area contributed by atoms with E-state index in [1.807, 2.05) is 6.92 Å². The number of aryl methyl sites for hydroxylation is 1. The van der Waals surface area contributed by atoms with E-state index in [-0.39, 0.29) is 10.5 Å². The van der Waals surface area contributed by atoms with Crippen LogP contribution in [0.4, 0.5) is 5.69 Å². The van der Waals surface area contributed by atoms with Gasteiger partial charge in [-0.2, -0.15) is 0 Å². The molecule has 0 amide bonds. The van der Waals surface area contributed by atoms with Crippen molar-refractivity contribution in [2.24, 2.45) is 0 Å². The molecule has 0 aromatic heterocycles. The lowest BCUT2D eigenvalue weighted by Gasteiger charge is -2.10. The Labute approximate surface area is 144 Å². The maximum atomic E-state index is 12.4. The molecule has 0 saturated heterocycles. The molecule has 2 aromatic carbocycles. The molecule has 0 heterocycles. The molecule has 2 aromatic rings. The Bertz CT molecular complexity index is 850. The minimum atomic E-state index is -3.87. The Morgan fingerprint density at radius 2 is 1.73 bits per heavy atom. The lowest BCUT2D eigenvalue weighted by Crippen LogP contribution is -2.14. The number of carboxylic acid groups (broad SMARTS) is 1. The van der Waals surface area contributed by atoms with Gasteiger partial charge in [-0.3, -0.25) is 4.72 Å². The molecule has 8 heteroatoms. The summed E-state index contributed by atoms with van der Waals surface area (Å²) >= 11 is 6.42. The fraction of sp³-hybridized carbons (Fsp3) is 0.0714. The van der Waals surface area contributed by atoms with Crippen molar-refractivity contribution in [3.8, 4) is 0 Å². The lowest BCUT2D eigenvalue weighted by atomic mass is 10.2. The van der Waals surface area contributed by atoms with E-state index in [4.69, 9.17) is 5.11 Å². The Hall–Kier alpha value is -1.38. The highest BCUT2D eigenvalue weighted by atomic mass is 79.9. The third kappa shape index (κ3) is 3.68. The summed E-state index contributed by atoms with van der Waals surface area (Å²) in [7, 11) is -3.87. The first-order valence-electron chi connectivity index (χ1n) is 6.02. The van der Waals surface area contributed by atoms with E-state index < -0.39 is 16.0 Å². The number of carbonyl (C=O) groups is 1. The predicted octanol–water partition coefficient (Wildman–Crippen LogP) is 4.02. The van der Waals surface area contributed by atoms with Gasteiger partial charge in [-0.15, -0.1) is 0 Å². The third-order valence-electron chi connectivity index (χ3n) is 2.89. The fourth-order valence-corrected chi connectivity index (χ4v) is 3.50. The van der Waals surface area contributed by atoms with Gasteiger partial charge in [0.15, 0.2) is 0 Å². The largest absolute Gasteiger partial charge is 0.478 e. The van der Waals surface area contributed by atoms with Crippen LogP contribution in [0.15, 0.2) is 50.2 Å². The van der Waals surface area contributed by atoms with Crippen LogP contribution >= 0.6 is 31.9 Å². The molecular formula is C14H11Br2NO4S. The Kier molecular flexibility index (Phi) is 4.93. The van der Waals surface area contributed by atoms with Crippen LogP contribution in [0, 0.1) is 6.92 Å². The zero-order chi connectivity index (χ0) is 16.5. The van der Waals surface area contributed by atoms with Crippen molar-refractivity contribution in [2.75, 3.05) is 4.72 Å². The number of carboxylic acids is 1. The van der Waals surface area contributed by atoms with Crippen LogP contribution in [0.1, 0.15) is 15.9 Å². The van der Waals surface area contributed by atoms with Crippen molar-refractivity contribution < 1.29 is 18.3 Å². The van der Waals surface area contributed by atoms with Gasteiger partial charge in [-0.1, -0.05) is 15.9 Å². The average molecular weight is 449 g/mol. The van der Waals surface area contributed by atoms with E-state index in [1.54, 1.807) is 18.2 Å². The maximum absolute atomic E-state index is 12.4. The molecule has 0 spiro atoms. The standard InChI is InChI=1S/C14H11Br2NO4S/c1-8-6-9(2-4-12(8)15)17-22(20,21)10-3-5-13(16)11(7-10)14(18)19/h2-7,17H,1H3,(H,18,19). The topological polar surface area (TPSA) is 83.5 Å². The molecule has 0 radical (unpaired) electrons. The second kappa shape index (κ2) is 6.39. The quantitative estimate of drug-likeness (QED) is 0.739. The summed E-state index contributed by atoms with van der Waals surface area (Å²) in [6.45, 7) is 1.84. The number of hydrogen-bond donors (Lipinski definition) is 2. The van der Waals surface area contributed by atoms with Crippen molar-refractivity contribution >= 4 is 53.5 Å². The Morgan fingerprint density at radius 3 is 2.32 bits per heavy atom. The van der Waals surface area contributed by atoms with Gasteiger partial charge in [0.05, 0.1) is 10.5 Å². The van der Waals surface area contributed by atoms with Crippen molar-refractivity contribution in [2.45, 2.75) is 11.8 Å². The number of nitrogens with one attached hydrogen (secondary N) is 1. The summed E-state index contributed by atoms with van der Waals surface area (Å²) in [6.07, 6.45) is 0. The number of rotatable bonds is 4. The zero-order valence-corrected chi connectivity index (χ0v) is 15.3. The summed E-state index contributed by atoms with van der Waals surface area (Å²) in [5.74, 6) is -1.21. The molecular weight excluding hydrogens is 438 g/mol. The number of hydrogen-bond acceptors (Lipinski definition) is 3. The third-order valence-corrected chi connectivity index (χ3v) is 5.85. The second-order valence-corrected chi connectivity index (χ2v) is 7.91. The molecule has 0 bridgehead atoms. The van der Waals surface area contributed by atoms with E-state index in [2.05, 4.69) is 36.6 Å². The second-order valence-electron chi connectivity index (χ2n) is 4.52. The molecule has 0 unspecified atom stereocenters. The van der Waals surface area contributed by atoms with E-state index >= 15 is 0 Å². The van der Waals surface area contributed by atoms with Gasteiger partial charge in [0.25, 0.3) is 10.0 Å². The molecule has 2 rings (SSSR count). The summed E-state index contributed by atoms with van der Waals surface area (Å²) in [4.78, 5) is 11.0. The number of aromatic carboxylic acids is 1. The highest BCUT2D eigenvalue weighted by Crippen LogP contribution is 2.25. The Morgan fingerprint density at radius 1 is 1.09 bits per heavy atom. The van der Waals surface area contributed by atoms with Gasteiger partial charge >= 0.3 is 5.97 Å². The molecule has 5 nitrogen and oxygen atoms in total.